The number of fused-ring (bicyclic) bond motifs is 1. The number of methoxy groups -OCH3 is 1. The Bertz CT molecular complexity index is 1120. The van der Waals surface area contributed by atoms with E-state index >= 15 is 0 Å². The number of hydrogen-bond acceptors (Lipinski definition) is 5. The highest BCUT2D eigenvalue weighted by molar-refractivity contribution is 5.90. The number of nitrogens with zero attached hydrogens (tertiary/aromatic N) is 4. The Hall–Kier alpha value is -3.55. The quantitative estimate of drug-likeness (QED) is 0.620. The monoisotopic (exact) mass is 337 g/mol. The van der Waals surface area contributed by atoms with Gasteiger partial charge in [0.05, 0.1) is 30.1 Å². The zero-order chi connectivity index (χ0) is 17.4. The maximum Gasteiger partial charge on any atom is 0.264 e. The van der Waals surface area contributed by atoms with Gasteiger partial charge in [-0.3, -0.25) is 9.78 Å². The molecule has 0 saturated heterocycles. The molecule has 3 aromatic heterocycles. The Morgan fingerprint density at radius 1 is 1.24 bits per heavy atom. The Morgan fingerprint density at radius 2 is 2.12 bits per heavy atom. The molecule has 0 aliphatic rings. The summed E-state index contributed by atoms with van der Waals surface area (Å²) >= 11 is 0. The Balaban J connectivity index is 2.04. The molecule has 0 spiro atoms. The highest BCUT2D eigenvalue weighted by atomic mass is 19.1. The largest absolute Gasteiger partial charge is 0.497 e. The van der Waals surface area contributed by atoms with Crippen molar-refractivity contribution in [3.63, 3.8) is 0 Å². The lowest BCUT2D eigenvalue weighted by atomic mass is 10.0. The molecule has 124 valence electrons. The molecule has 25 heavy (non-hydrogen) atoms. The fourth-order valence-electron chi connectivity index (χ4n) is 2.66. The average molecular weight is 337 g/mol. The third-order valence-corrected chi connectivity index (χ3v) is 3.75. The van der Waals surface area contributed by atoms with E-state index in [-0.39, 0.29) is 5.56 Å². The van der Waals surface area contributed by atoms with Crippen molar-refractivity contribution in [2.45, 2.75) is 0 Å². The van der Waals surface area contributed by atoms with Gasteiger partial charge in [-0.2, -0.15) is 10.2 Å². The molecule has 0 atom stereocenters. The van der Waals surface area contributed by atoms with Crippen LogP contribution in [0.2, 0.25) is 0 Å². The van der Waals surface area contributed by atoms with Crippen molar-refractivity contribution < 1.29 is 9.13 Å². The first-order valence-corrected chi connectivity index (χ1v) is 7.39. The van der Waals surface area contributed by atoms with Crippen molar-refractivity contribution in [3.8, 4) is 28.3 Å². The summed E-state index contributed by atoms with van der Waals surface area (Å²) in [5, 5.41) is 11.0. The topological polar surface area (TPSA) is 85.2 Å². The van der Waals surface area contributed by atoms with Crippen molar-refractivity contribution in [3.05, 3.63) is 65.1 Å². The molecule has 0 unspecified atom stereocenters. The van der Waals surface area contributed by atoms with Crippen molar-refractivity contribution in [1.82, 2.24) is 24.8 Å². The molecule has 1 aromatic carbocycles. The van der Waals surface area contributed by atoms with Gasteiger partial charge in [0.1, 0.15) is 17.3 Å². The maximum absolute atomic E-state index is 14.0. The number of aromatic amines is 1. The van der Waals surface area contributed by atoms with Crippen LogP contribution in [0.4, 0.5) is 4.39 Å². The van der Waals surface area contributed by atoms with Gasteiger partial charge < -0.3 is 4.74 Å². The predicted molar refractivity (Wildman–Crippen MR) is 88.8 cm³/mol. The second-order valence-corrected chi connectivity index (χ2v) is 5.32. The van der Waals surface area contributed by atoms with Gasteiger partial charge in [0.15, 0.2) is 0 Å². The van der Waals surface area contributed by atoms with E-state index in [1.54, 1.807) is 35.2 Å². The second kappa shape index (κ2) is 5.82. The van der Waals surface area contributed by atoms with Crippen LogP contribution in [0.3, 0.4) is 0 Å². The molecule has 4 rings (SSSR count). The minimum absolute atomic E-state index is 0.313. The van der Waals surface area contributed by atoms with E-state index in [0.29, 0.717) is 33.8 Å². The molecule has 0 aliphatic carbocycles. The zero-order valence-electron chi connectivity index (χ0n) is 13.1. The summed E-state index contributed by atoms with van der Waals surface area (Å²) in [4.78, 5) is 15.4. The van der Waals surface area contributed by atoms with Crippen LogP contribution in [-0.4, -0.2) is 31.9 Å². The number of aromatic nitrogens is 5. The SMILES string of the molecule is COc1cc(F)cc(-c2nn3ccncc3c2-c2ccc(=O)[nH]n2)c1. The second-order valence-electron chi connectivity index (χ2n) is 5.32. The van der Waals surface area contributed by atoms with E-state index in [2.05, 4.69) is 20.3 Å². The van der Waals surface area contributed by atoms with Crippen LogP contribution in [-0.2, 0) is 0 Å². The molecular formula is C17H12FN5O2. The van der Waals surface area contributed by atoms with E-state index in [0.717, 1.165) is 0 Å². The van der Waals surface area contributed by atoms with Gasteiger partial charge in [-0.15, -0.1) is 0 Å². The van der Waals surface area contributed by atoms with Crippen molar-refractivity contribution in [1.29, 1.82) is 0 Å². The molecule has 3 heterocycles. The predicted octanol–water partition coefficient (Wildman–Crippen LogP) is 2.29. The van der Waals surface area contributed by atoms with Gasteiger partial charge in [0.25, 0.3) is 5.56 Å². The van der Waals surface area contributed by atoms with E-state index < -0.39 is 5.82 Å². The Morgan fingerprint density at radius 3 is 2.88 bits per heavy atom. The smallest absolute Gasteiger partial charge is 0.264 e. The van der Waals surface area contributed by atoms with Crippen LogP contribution in [0, 0.1) is 5.82 Å². The van der Waals surface area contributed by atoms with Gasteiger partial charge in [0, 0.05) is 30.1 Å². The summed E-state index contributed by atoms with van der Waals surface area (Å²) < 4.78 is 20.7. The molecule has 7 nitrogen and oxygen atoms in total. The Kier molecular flexibility index (Phi) is 3.50. The van der Waals surface area contributed by atoms with Gasteiger partial charge in [-0.05, 0) is 18.2 Å². The van der Waals surface area contributed by atoms with E-state index in [9.17, 15) is 9.18 Å². The summed E-state index contributed by atoms with van der Waals surface area (Å²) in [6.45, 7) is 0. The van der Waals surface area contributed by atoms with Crippen molar-refractivity contribution in [2.24, 2.45) is 0 Å². The van der Waals surface area contributed by atoms with E-state index in [1.165, 1.54) is 25.3 Å². The number of benzene rings is 1. The zero-order valence-corrected chi connectivity index (χ0v) is 13.1. The minimum atomic E-state index is -0.440. The summed E-state index contributed by atoms with van der Waals surface area (Å²) in [5.41, 5.74) is 2.54. The van der Waals surface area contributed by atoms with Crippen LogP contribution in [0.15, 0.2) is 53.7 Å². The minimum Gasteiger partial charge on any atom is -0.497 e. The van der Waals surface area contributed by atoms with Gasteiger partial charge in [0.2, 0.25) is 0 Å². The molecule has 4 aromatic rings. The fraction of sp³-hybridized carbons (Fsp3) is 0.0588. The third-order valence-electron chi connectivity index (χ3n) is 3.75. The first-order chi connectivity index (χ1) is 12.2. The van der Waals surface area contributed by atoms with E-state index in [4.69, 9.17) is 4.74 Å². The molecule has 0 bridgehead atoms. The van der Waals surface area contributed by atoms with Crippen LogP contribution < -0.4 is 10.3 Å². The van der Waals surface area contributed by atoms with Crippen LogP contribution in [0.5, 0.6) is 5.75 Å². The van der Waals surface area contributed by atoms with Gasteiger partial charge in [-0.1, -0.05) is 0 Å². The standard InChI is InChI=1S/C17H12FN5O2/c1-25-12-7-10(6-11(18)8-12)17-16(13-2-3-15(24)21-20-13)14-9-19-4-5-23(14)22-17/h2-9H,1H3,(H,21,24). The molecule has 0 fully saturated rings. The number of rotatable bonds is 3. The maximum atomic E-state index is 14.0. The number of nitrogens with one attached hydrogen (secondary N) is 1. The number of hydrogen-bond donors (Lipinski definition) is 1. The number of halogens is 1. The third kappa shape index (κ3) is 2.63. The molecule has 0 aliphatic heterocycles. The van der Waals surface area contributed by atoms with Crippen molar-refractivity contribution >= 4 is 5.52 Å². The normalized spacial score (nSPS) is 11.0. The first kappa shape index (κ1) is 15.0. The molecule has 1 N–H and O–H groups in total. The van der Waals surface area contributed by atoms with Crippen LogP contribution >= 0.6 is 0 Å². The summed E-state index contributed by atoms with van der Waals surface area (Å²) in [7, 11) is 1.47. The lowest BCUT2D eigenvalue weighted by Gasteiger charge is -2.05. The Labute approximate surface area is 140 Å². The first-order valence-electron chi connectivity index (χ1n) is 7.39. The van der Waals surface area contributed by atoms with Crippen LogP contribution in [0.1, 0.15) is 0 Å². The molecular weight excluding hydrogens is 325 g/mol. The molecule has 8 heteroatoms. The number of ether oxygens (including phenoxy) is 1. The van der Waals surface area contributed by atoms with Crippen LogP contribution in [0.25, 0.3) is 28.0 Å². The average Bonchev–Trinajstić information content (AvgIpc) is 3.01. The van der Waals surface area contributed by atoms with E-state index in [1.807, 2.05) is 0 Å². The molecule has 0 radical (unpaired) electrons. The number of H-pyrrole nitrogens is 1. The summed E-state index contributed by atoms with van der Waals surface area (Å²) in [5.74, 6) is -0.0598. The molecule has 0 amide bonds. The fourth-order valence-corrected chi connectivity index (χ4v) is 2.66. The highest BCUT2D eigenvalue weighted by Crippen LogP contribution is 2.35. The molecule has 0 saturated carbocycles. The summed E-state index contributed by atoms with van der Waals surface area (Å²) in [6.07, 6.45) is 4.92. The summed E-state index contributed by atoms with van der Waals surface area (Å²) in [6, 6.07) is 7.31. The van der Waals surface area contributed by atoms with Gasteiger partial charge in [-0.25, -0.2) is 14.0 Å². The van der Waals surface area contributed by atoms with Gasteiger partial charge >= 0.3 is 0 Å². The lowest BCUT2D eigenvalue weighted by Crippen LogP contribution is -2.05. The van der Waals surface area contributed by atoms with Crippen molar-refractivity contribution in [2.75, 3.05) is 7.11 Å². The highest BCUT2D eigenvalue weighted by Gasteiger charge is 2.19. The lowest BCUT2D eigenvalue weighted by molar-refractivity contribution is 0.411.